The molecular weight excluding hydrogens is 557 g/mol. The number of carbonyl (C=O) groups excluding carboxylic acids is 1. The van der Waals surface area contributed by atoms with Gasteiger partial charge in [-0.1, -0.05) is 12.1 Å². The average Bonchev–Trinajstić information content (AvgIpc) is 3.53. The van der Waals surface area contributed by atoms with Crippen LogP contribution < -0.4 is 0 Å². The molecule has 3 aliphatic heterocycles. The van der Waals surface area contributed by atoms with E-state index in [1.807, 2.05) is 0 Å². The van der Waals surface area contributed by atoms with Crippen LogP contribution in [0.15, 0.2) is 47.4 Å². The minimum Gasteiger partial charge on any atom is -0.441 e. The van der Waals surface area contributed by atoms with Crippen molar-refractivity contribution in [3.8, 4) is 0 Å². The van der Waals surface area contributed by atoms with Crippen molar-refractivity contribution in [2.24, 2.45) is 0 Å². The molecule has 0 unspecified atom stereocenters. The van der Waals surface area contributed by atoms with E-state index in [4.69, 9.17) is 4.74 Å². The van der Waals surface area contributed by atoms with Crippen LogP contribution in [0, 0.1) is 17.5 Å². The van der Waals surface area contributed by atoms with Gasteiger partial charge in [-0.2, -0.15) is 4.31 Å². The summed E-state index contributed by atoms with van der Waals surface area (Å²) in [5, 5.41) is 4.62. The van der Waals surface area contributed by atoms with E-state index in [1.54, 1.807) is 11.0 Å². The summed E-state index contributed by atoms with van der Waals surface area (Å²) >= 11 is 0. The van der Waals surface area contributed by atoms with E-state index in [0.717, 1.165) is 25.2 Å². The van der Waals surface area contributed by atoms with E-state index in [9.17, 15) is 26.4 Å². The third kappa shape index (κ3) is 5.59. The number of hydrogen-bond acceptors (Lipinski definition) is 6. The van der Waals surface area contributed by atoms with Crippen LogP contribution >= 0.6 is 0 Å². The Balaban J connectivity index is 1.27. The van der Waals surface area contributed by atoms with Gasteiger partial charge >= 0.3 is 6.09 Å². The lowest BCUT2D eigenvalue weighted by Crippen LogP contribution is -2.57. The minimum absolute atomic E-state index is 0.398. The lowest BCUT2D eigenvalue weighted by molar-refractivity contribution is -0.0512. The van der Waals surface area contributed by atoms with E-state index in [0.29, 0.717) is 69.9 Å². The highest BCUT2D eigenvalue weighted by Crippen LogP contribution is 2.52. The van der Waals surface area contributed by atoms with Gasteiger partial charge in [-0.25, -0.2) is 36.4 Å². The molecule has 222 valence electrons. The molecule has 4 aliphatic rings. The molecule has 1 aliphatic carbocycles. The van der Waals surface area contributed by atoms with Gasteiger partial charge < -0.3 is 9.64 Å². The highest BCUT2D eigenvalue weighted by molar-refractivity contribution is 7.89. The van der Waals surface area contributed by atoms with Crippen LogP contribution in [-0.2, 0) is 14.8 Å². The fourth-order valence-corrected chi connectivity index (χ4v) is 8.53. The summed E-state index contributed by atoms with van der Waals surface area (Å²) in [5.41, 5.74) is -0.582. The van der Waals surface area contributed by atoms with Crippen molar-refractivity contribution in [3.05, 3.63) is 65.5 Å². The van der Waals surface area contributed by atoms with Gasteiger partial charge in [0.05, 0.1) is 17.0 Å². The average molecular weight is 593 g/mol. The Kier molecular flexibility index (Phi) is 7.77. The zero-order chi connectivity index (χ0) is 28.8. The molecule has 0 N–H and O–H groups in total. The van der Waals surface area contributed by atoms with Crippen LogP contribution in [0.2, 0.25) is 0 Å². The Labute approximate surface area is 238 Å². The molecule has 4 fully saturated rings. The fourth-order valence-electron chi connectivity index (χ4n) is 6.60. The first kappa shape index (κ1) is 28.4. The number of carbonyl (C=O) groups is 1. The topological polar surface area (TPSA) is 73.4 Å². The van der Waals surface area contributed by atoms with Crippen molar-refractivity contribution in [2.75, 3.05) is 39.3 Å². The van der Waals surface area contributed by atoms with E-state index in [1.165, 1.54) is 35.3 Å². The van der Waals surface area contributed by atoms with Crippen molar-refractivity contribution in [3.63, 3.8) is 0 Å². The van der Waals surface area contributed by atoms with E-state index >= 15 is 0 Å². The molecule has 1 saturated carbocycles. The molecule has 0 aromatic heterocycles. The maximum atomic E-state index is 14.3. The Morgan fingerprint density at radius 2 is 1.54 bits per heavy atom. The second-order valence-corrected chi connectivity index (χ2v) is 13.3. The number of hydrazine groups is 1. The van der Waals surface area contributed by atoms with Gasteiger partial charge in [-0.3, -0.25) is 0 Å². The van der Waals surface area contributed by atoms with Crippen LogP contribution in [0.3, 0.4) is 0 Å². The van der Waals surface area contributed by atoms with Crippen molar-refractivity contribution in [1.29, 1.82) is 0 Å². The van der Waals surface area contributed by atoms with Gasteiger partial charge in [-0.05, 0) is 80.8 Å². The minimum atomic E-state index is -4.39. The number of halogens is 3. The monoisotopic (exact) mass is 592 g/mol. The van der Waals surface area contributed by atoms with Gasteiger partial charge in [0, 0.05) is 39.3 Å². The summed E-state index contributed by atoms with van der Waals surface area (Å²) in [4.78, 5) is 14.7. The Hall–Kier alpha value is -2.67. The molecule has 12 heteroatoms. The second kappa shape index (κ2) is 11.2. The molecule has 2 aromatic carbocycles. The van der Waals surface area contributed by atoms with Crippen LogP contribution in [0.1, 0.15) is 56.6 Å². The summed E-state index contributed by atoms with van der Waals surface area (Å²) in [6.07, 6.45) is 4.30. The molecule has 6 rings (SSSR count). The highest BCUT2D eigenvalue weighted by Gasteiger charge is 2.60. The molecule has 2 atom stereocenters. The number of ether oxygens (including phenoxy) is 1. The molecule has 2 aromatic rings. The van der Waals surface area contributed by atoms with Gasteiger partial charge in [-0.15, -0.1) is 0 Å². The number of sulfonamides is 1. The molecule has 8 nitrogen and oxygen atoms in total. The van der Waals surface area contributed by atoms with Crippen molar-refractivity contribution < 1.29 is 31.1 Å². The summed E-state index contributed by atoms with van der Waals surface area (Å²) in [5.74, 6) is -2.93. The molecule has 3 heterocycles. The summed E-state index contributed by atoms with van der Waals surface area (Å²) in [7, 11) is -4.39. The van der Waals surface area contributed by atoms with Crippen LogP contribution in [0.4, 0.5) is 18.0 Å². The largest absolute Gasteiger partial charge is 0.441 e. The lowest BCUT2D eigenvalue weighted by Gasteiger charge is -2.45. The molecule has 0 radical (unpaired) electrons. The molecular formula is C29H35F3N4O4S. The number of piperazine rings is 1. The first-order valence-electron chi connectivity index (χ1n) is 14.4. The maximum Gasteiger partial charge on any atom is 0.410 e. The number of amides is 1. The third-order valence-corrected chi connectivity index (χ3v) is 10.8. The van der Waals surface area contributed by atoms with Gasteiger partial charge in [0.25, 0.3) is 0 Å². The number of hydrogen-bond donors (Lipinski definition) is 0. The number of rotatable bonds is 6. The zero-order valence-electron chi connectivity index (χ0n) is 22.9. The number of nitrogens with zero attached hydrogens (tertiary/aromatic N) is 4. The van der Waals surface area contributed by atoms with Crippen LogP contribution in [0.5, 0.6) is 0 Å². The number of piperidine rings is 1. The molecule has 3 saturated heterocycles. The second-order valence-electron chi connectivity index (χ2n) is 11.5. The number of benzene rings is 2. The molecule has 1 amide bonds. The summed E-state index contributed by atoms with van der Waals surface area (Å²) in [6, 6.07) is 6.75. The summed E-state index contributed by atoms with van der Waals surface area (Å²) in [6.45, 7) is 4.51. The third-order valence-electron chi connectivity index (χ3n) is 8.91. The Morgan fingerprint density at radius 1 is 0.829 bits per heavy atom. The Morgan fingerprint density at radius 3 is 2.20 bits per heavy atom. The first-order chi connectivity index (χ1) is 19.7. The smallest absolute Gasteiger partial charge is 0.410 e. The molecule has 0 bridgehead atoms. The van der Waals surface area contributed by atoms with Crippen molar-refractivity contribution in [1.82, 2.24) is 19.2 Å². The molecule has 41 heavy (non-hydrogen) atoms. The van der Waals surface area contributed by atoms with Crippen LogP contribution in [0.25, 0.3) is 0 Å². The summed E-state index contributed by atoms with van der Waals surface area (Å²) < 4.78 is 77.9. The lowest BCUT2D eigenvalue weighted by atomic mass is 9.90. The fraction of sp³-hybridized carbons (Fsp3) is 0.552. The predicted octanol–water partition coefficient (Wildman–Crippen LogP) is 4.69. The quantitative estimate of drug-likeness (QED) is 0.485. The van der Waals surface area contributed by atoms with Gasteiger partial charge in [0.1, 0.15) is 11.4 Å². The van der Waals surface area contributed by atoms with E-state index in [-0.39, 0.29) is 0 Å². The zero-order valence-corrected chi connectivity index (χ0v) is 23.7. The normalized spacial score (nSPS) is 25.8. The van der Waals surface area contributed by atoms with Crippen molar-refractivity contribution >= 4 is 16.1 Å². The molecule has 0 spiro atoms. The standard InChI is InChI=1S/C29H35F3N4O4S/c30-22-6-3-5-21(19-22)26-7-4-8-27(36(26)41(38,39)23-9-10-24(31)25(32)20-23)29(11-12-29)40-28(37)33-15-17-35(18-16-33)34-13-1-2-14-34/h3,5-6,9-10,19-20,26-27H,1-2,4,7-8,11-18H2/t26-,27+/m0/s1. The van der Waals surface area contributed by atoms with E-state index < -0.39 is 56.1 Å². The van der Waals surface area contributed by atoms with Gasteiger partial charge in [0.2, 0.25) is 10.0 Å². The van der Waals surface area contributed by atoms with E-state index in [2.05, 4.69) is 10.0 Å². The predicted molar refractivity (Wildman–Crippen MR) is 145 cm³/mol. The van der Waals surface area contributed by atoms with Crippen molar-refractivity contribution in [2.45, 2.75) is 67.5 Å². The first-order valence-corrected chi connectivity index (χ1v) is 15.8. The highest BCUT2D eigenvalue weighted by atomic mass is 32.2. The van der Waals surface area contributed by atoms with Crippen LogP contribution in [-0.4, -0.2) is 84.6 Å². The Bertz CT molecular complexity index is 1390. The maximum absolute atomic E-state index is 14.3. The SMILES string of the molecule is O=C(OC1([C@H]2CCC[C@@H](c3cccc(F)c3)N2S(=O)(=O)c2ccc(F)c(F)c2)CC1)N1CCN(N2CCCC2)CC1. The van der Waals surface area contributed by atoms with Gasteiger partial charge in [0.15, 0.2) is 11.6 Å².